The molecule has 2 aliphatic rings. The van der Waals surface area contributed by atoms with E-state index >= 15 is 0 Å². The Morgan fingerprint density at radius 2 is 1.62 bits per heavy atom. The molecule has 0 spiro atoms. The predicted molar refractivity (Wildman–Crippen MR) is 142 cm³/mol. The number of dihydropyridines is 1. The van der Waals surface area contributed by atoms with E-state index in [0.717, 1.165) is 68.9 Å². The first-order valence-corrected chi connectivity index (χ1v) is 12.9. The molecule has 1 aromatic rings. The molecule has 34 heavy (non-hydrogen) atoms. The first-order chi connectivity index (χ1) is 16.6. The first-order valence-electron chi connectivity index (χ1n) is 12.9. The van der Waals surface area contributed by atoms with Crippen LogP contribution in [-0.4, -0.2) is 57.9 Å². The Morgan fingerprint density at radius 3 is 2.24 bits per heavy atom. The van der Waals surface area contributed by atoms with Crippen molar-refractivity contribution >= 4 is 11.4 Å². The van der Waals surface area contributed by atoms with Gasteiger partial charge in [0, 0.05) is 38.9 Å². The van der Waals surface area contributed by atoms with Crippen LogP contribution < -0.4 is 4.90 Å². The van der Waals surface area contributed by atoms with Gasteiger partial charge in [0.05, 0.1) is 30.7 Å². The average Bonchev–Trinajstić information content (AvgIpc) is 2.88. The number of rotatable bonds is 15. The number of aliphatic imine (C=N–C) groups is 1. The van der Waals surface area contributed by atoms with Crippen LogP contribution in [0, 0.1) is 0 Å². The normalized spacial score (nSPS) is 17.2. The van der Waals surface area contributed by atoms with Crippen LogP contribution in [0.3, 0.4) is 0 Å². The van der Waals surface area contributed by atoms with E-state index in [-0.39, 0.29) is 12.1 Å². The zero-order chi connectivity index (χ0) is 24.2. The fourth-order valence-electron chi connectivity index (χ4n) is 3.93. The van der Waals surface area contributed by atoms with Crippen molar-refractivity contribution in [1.29, 1.82) is 0 Å². The fraction of sp³-hybridized carbons (Fsp3) is 0.552. The molecule has 3 rings (SSSR count). The molecule has 5 heteroatoms. The van der Waals surface area contributed by atoms with Gasteiger partial charge in [0.1, 0.15) is 6.10 Å². The molecule has 186 valence electrons. The molecule has 1 aromatic carbocycles. The SMILES string of the molecule is CCCCOCC(COCCCC)OC1=CC=C2C=CC(c3ccc(N(C)CC)cc3)=N[C@H]2C1. The Hall–Kier alpha value is -2.37. The highest BCUT2D eigenvalue weighted by Gasteiger charge is 2.24. The monoisotopic (exact) mass is 466 g/mol. The Bertz CT molecular complexity index is 858. The molecule has 0 saturated carbocycles. The number of benzene rings is 1. The molecule has 0 aromatic heterocycles. The minimum atomic E-state index is -0.0967. The van der Waals surface area contributed by atoms with Gasteiger partial charge in [0.25, 0.3) is 0 Å². The summed E-state index contributed by atoms with van der Waals surface area (Å²) in [6.45, 7) is 10.1. The third-order valence-electron chi connectivity index (χ3n) is 6.26. The van der Waals surface area contributed by atoms with Gasteiger partial charge in [0.15, 0.2) is 0 Å². The molecular formula is C29H42N2O3. The van der Waals surface area contributed by atoms with E-state index in [4.69, 9.17) is 19.2 Å². The Balaban J connectivity index is 1.62. The van der Waals surface area contributed by atoms with Crippen molar-refractivity contribution < 1.29 is 14.2 Å². The number of hydrogen-bond acceptors (Lipinski definition) is 5. The quantitative estimate of drug-likeness (QED) is 0.293. The number of allylic oxidation sites excluding steroid dienone is 3. The number of nitrogens with zero attached hydrogens (tertiary/aromatic N) is 2. The molecular weight excluding hydrogens is 424 g/mol. The first kappa shape index (κ1) is 26.2. The highest BCUT2D eigenvalue weighted by Crippen LogP contribution is 2.28. The summed E-state index contributed by atoms with van der Waals surface area (Å²) in [7, 11) is 2.11. The number of hydrogen-bond donors (Lipinski definition) is 0. The lowest BCUT2D eigenvalue weighted by Gasteiger charge is -2.27. The van der Waals surface area contributed by atoms with E-state index in [1.165, 1.54) is 11.3 Å². The molecule has 1 atom stereocenters. The maximum atomic E-state index is 6.36. The Kier molecular flexibility index (Phi) is 10.9. The second-order valence-electron chi connectivity index (χ2n) is 9.03. The van der Waals surface area contributed by atoms with Crippen LogP contribution in [0.2, 0.25) is 0 Å². The van der Waals surface area contributed by atoms with Gasteiger partial charge < -0.3 is 19.1 Å². The Labute approximate surface area is 206 Å². The second-order valence-corrected chi connectivity index (χ2v) is 9.03. The minimum absolute atomic E-state index is 0.0839. The predicted octanol–water partition coefficient (Wildman–Crippen LogP) is 6.10. The summed E-state index contributed by atoms with van der Waals surface area (Å²) < 4.78 is 18.1. The molecule has 1 aliphatic heterocycles. The number of fused-ring (bicyclic) bond motifs is 1. The zero-order valence-electron chi connectivity index (χ0n) is 21.5. The lowest BCUT2D eigenvalue weighted by Crippen LogP contribution is -2.28. The standard InChI is InChI=1S/C29H42N2O3/c1-5-8-18-32-21-27(22-33-19-9-6-2)34-26-16-12-24-13-17-28(30-29(24)20-26)23-10-14-25(15-11-23)31(4)7-3/h10-17,27,29H,5-9,18-22H2,1-4H3/t29-/m0/s1. The van der Waals surface area contributed by atoms with Crippen LogP contribution in [-0.2, 0) is 14.2 Å². The van der Waals surface area contributed by atoms with Gasteiger partial charge in [0.2, 0.25) is 0 Å². The van der Waals surface area contributed by atoms with E-state index < -0.39 is 0 Å². The number of ether oxygens (including phenoxy) is 3. The largest absolute Gasteiger partial charge is 0.490 e. The molecule has 0 radical (unpaired) electrons. The summed E-state index contributed by atoms with van der Waals surface area (Å²) in [6.07, 6.45) is 13.6. The second kappa shape index (κ2) is 14.1. The summed E-state index contributed by atoms with van der Waals surface area (Å²) in [5.74, 6) is 0.954. The summed E-state index contributed by atoms with van der Waals surface area (Å²) in [5, 5.41) is 0. The Morgan fingerprint density at radius 1 is 0.941 bits per heavy atom. The molecule has 0 bridgehead atoms. The summed E-state index contributed by atoms with van der Waals surface area (Å²) in [5.41, 5.74) is 4.62. The topological polar surface area (TPSA) is 43.3 Å². The third kappa shape index (κ3) is 7.85. The summed E-state index contributed by atoms with van der Waals surface area (Å²) in [6, 6.07) is 8.73. The van der Waals surface area contributed by atoms with E-state index in [0.29, 0.717) is 13.2 Å². The maximum absolute atomic E-state index is 6.36. The van der Waals surface area contributed by atoms with Crippen LogP contribution in [0.1, 0.15) is 58.4 Å². The van der Waals surface area contributed by atoms with Crippen molar-refractivity contribution in [1.82, 2.24) is 0 Å². The molecule has 0 saturated heterocycles. The van der Waals surface area contributed by atoms with Gasteiger partial charge >= 0.3 is 0 Å². The van der Waals surface area contributed by atoms with Crippen LogP contribution in [0.15, 0.2) is 64.9 Å². The molecule has 0 fully saturated rings. The van der Waals surface area contributed by atoms with Crippen molar-refractivity contribution in [2.45, 2.75) is 65.0 Å². The minimum Gasteiger partial charge on any atom is -0.490 e. The fourth-order valence-corrected chi connectivity index (χ4v) is 3.93. The van der Waals surface area contributed by atoms with Gasteiger partial charge in [-0.1, -0.05) is 51.0 Å². The van der Waals surface area contributed by atoms with Crippen molar-refractivity contribution in [2.75, 3.05) is 44.9 Å². The maximum Gasteiger partial charge on any atom is 0.145 e. The summed E-state index contributed by atoms with van der Waals surface area (Å²) >= 11 is 0. The highest BCUT2D eigenvalue weighted by atomic mass is 16.6. The van der Waals surface area contributed by atoms with E-state index in [1.54, 1.807) is 0 Å². The van der Waals surface area contributed by atoms with E-state index in [9.17, 15) is 0 Å². The van der Waals surface area contributed by atoms with Crippen LogP contribution in [0.5, 0.6) is 0 Å². The highest BCUT2D eigenvalue weighted by molar-refractivity contribution is 6.10. The van der Waals surface area contributed by atoms with Crippen LogP contribution in [0.4, 0.5) is 5.69 Å². The average molecular weight is 467 g/mol. The van der Waals surface area contributed by atoms with E-state index in [2.05, 4.69) is 81.3 Å². The van der Waals surface area contributed by atoms with Crippen LogP contribution in [0.25, 0.3) is 0 Å². The van der Waals surface area contributed by atoms with Crippen LogP contribution >= 0.6 is 0 Å². The van der Waals surface area contributed by atoms with Gasteiger partial charge in [-0.2, -0.15) is 0 Å². The van der Waals surface area contributed by atoms with Crippen molar-refractivity contribution in [3.8, 4) is 0 Å². The van der Waals surface area contributed by atoms with Crippen molar-refractivity contribution in [2.24, 2.45) is 4.99 Å². The molecule has 5 nitrogen and oxygen atoms in total. The van der Waals surface area contributed by atoms with Gasteiger partial charge in [-0.15, -0.1) is 0 Å². The smallest absolute Gasteiger partial charge is 0.145 e. The summed E-state index contributed by atoms with van der Waals surface area (Å²) in [4.78, 5) is 7.29. The molecule has 0 N–H and O–H groups in total. The molecule has 0 amide bonds. The third-order valence-corrected chi connectivity index (χ3v) is 6.26. The zero-order valence-corrected chi connectivity index (χ0v) is 21.5. The van der Waals surface area contributed by atoms with Gasteiger partial charge in [-0.25, -0.2) is 0 Å². The van der Waals surface area contributed by atoms with Gasteiger partial charge in [-0.3, -0.25) is 4.99 Å². The van der Waals surface area contributed by atoms with Crippen molar-refractivity contribution in [3.63, 3.8) is 0 Å². The van der Waals surface area contributed by atoms with Crippen molar-refractivity contribution in [3.05, 3.63) is 65.5 Å². The lowest BCUT2D eigenvalue weighted by molar-refractivity contribution is -0.0381. The number of unbranched alkanes of at least 4 members (excludes halogenated alkanes) is 2. The van der Waals surface area contributed by atoms with E-state index in [1.807, 2.05) is 0 Å². The number of anilines is 1. The molecule has 1 heterocycles. The molecule has 0 unspecified atom stereocenters. The van der Waals surface area contributed by atoms with Gasteiger partial charge in [-0.05, 0) is 55.2 Å². The lowest BCUT2D eigenvalue weighted by atomic mass is 9.93. The molecule has 1 aliphatic carbocycles.